The Labute approximate surface area is 96.3 Å². The van der Waals surface area contributed by atoms with Crippen LogP contribution in [0.15, 0.2) is 12.1 Å². The van der Waals surface area contributed by atoms with Crippen molar-refractivity contribution in [3.63, 3.8) is 0 Å². The Morgan fingerprint density at radius 2 is 1.75 bits per heavy atom. The molecule has 3 heteroatoms. The minimum atomic E-state index is 0.802. The normalized spacial score (nSPS) is 14.8. The van der Waals surface area contributed by atoms with Crippen molar-refractivity contribution >= 4 is 5.71 Å². The largest absolute Gasteiger partial charge is 0.493 e. The van der Waals surface area contributed by atoms with Crippen molar-refractivity contribution in [2.75, 3.05) is 27.8 Å². The number of hydrogen-bond donors (Lipinski definition) is 0. The molecule has 0 atom stereocenters. The number of nitrogens with zero attached hydrogens (tertiary/aromatic N) is 1. The molecular weight excluding hydrogens is 202 g/mol. The lowest BCUT2D eigenvalue weighted by atomic mass is 9.97. The van der Waals surface area contributed by atoms with Crippen molar-refractivity contribution in [2.24, 2.45) is 0 Å². The first-order valence-corrected chi connectivity index (χ1v) is 5.47. The van der Waals surface area contributed by atoms with Gasteiger partial charge in [0.25, 0.3) is 0 Å². The van der Waals surface area contributed by atoms with Crippen molar-refractivity contribution in [3.05, 3.63) is 23.3 Å². The molecule has 0 saturated carbocycles. The van der Waals surface area contributed by atoms with E-state index in [1.54, 1.807) is 14.2 Å². The van der Waals surface area contributed by atoms with Crippen molar-refractivity contribution in [1.82, 2.24) is 0 Å². The summed E-state index contributed by atoms with van der Waals surface area (Å²) in [4.78, 5) is 0. The zero-order valence-electron chi connectivity index (χ0n) is 10.3. The van der Waals surface area contributed by atoms with Crippen molar-refractivity contribution in [3.8, 4) is 11.5 Å². The molecule has 1 heterocycles. The third kappa shape index (κ3) is 1.66. The van der Waals surface area contributed by atoms with E-state index in [0.29, 0.717) is 0 Å². The number of likely N-dealkylation sites (N-methyl/N-ethyl adjacent to an activating group) is 1. The summed E-state index contributed by atoms with van der Waals surface area (Å²) in [5.41, 5.74) is 3.90. The zero-order chi connectivity index (χ0) is 11.7. The monoisotopic (exact) mass is 220 g/mol. The number of ether oxygens (including phenoxy) is 2. The third-order valence-electron chi connectivity index (χ3n) is 3.29. The molecule has 3 nitrogen and oxygen atoms in total. The highest BCUT2D eigenvalue weighted by molar-refractivity contribution is 5.97. The number of fused-ring (bicyclic) bond motifs is 1. The Kier molecular flexibility index (Phi) is 2.86. The summed E-state index contributed by atoms with van der Waals surface area (Å²) in [6.45, 7) is 3.21. The first-order valence-electron chi connectivity index (χ1n) is 5.47. The van der Waals surface area contributed by atoms with Crippen LogP contribution in [0.4, 0.5) is 0 Å². The first-order chi connectivity index (χ1) is 7.67. The lowest BCUT2D eigenvalue weighted by Gasteiger charge is -2.17. The van der Waals surface area contributed by atoms with Crippen LogP contribution in [0, 0.1) is 0 Å². The number of methoxy groups -OCH3 is 2. The van der Waals surface area contributed by atoms with E-state index in [2.05, 4.69) is 30.7 Å². The number of benzene rings is 1. The Morgan fingerprint density at radius 3 is 2.38 bits per heavy atom. The molecule has 0 aliphatic carbocycles. The fraction of sp³-hybridized carbons (Fsp3) is 0.462. The lowest BCUT2D eigenvalue weighted by molar-refractivity contribution is -0.498. The minimum Gasteiger partial charge on any atom is -0.493 e. The highest BCUT2D eigenvalue weighted by Crippen LogP contribution is 2.32. The Morgan fingerprint density at radius 1 is 1.12 bits per heavy atom. The van der Waals surface area contributed by atoms with Gasteiger partial charge in [0.15, 0.2) is 17.2 Å². The lowest BCUT2D eigenvalue weighted by Crippen LogP contribution is -2.25. The van der Waals surface area contributed by atoms with Crippen LogP contribution < -0.4 is 9.47 Å². The van der Waals surface area contributed by atoms with Gasteiger partial charge < -0.3 is 9.47 Å². The van der Waals surface area contributed by atoms with E-state index in [9.17, 15) is 0 Å². The molecule has 0 bridgehead atoms. The number of rotatable bonds is 2. The molecule has 16 heavy (non-hydrogen) atoms. The second-order valence-electron chi connectivity index (χ2n) is 4.12. The zero-order valence-corrected chi connectivity index (χ0v) is 10.3. The molecule has 1 aromatic rings. The quantitative estimate of drug-likeness (QED) is 0.708. The van der Waals surface area contributed by atoms with Gasteiger partial charge in [-0.15, -0.1) is 0 Å². The van der Waals surface area contributed by atoms with E-state index in [1.165, 1.54) is 16.8 Å². The van der Waals surface area contributed by atoms with Gasteiger partial charge in [0, 0.05) is 18.9 Å². The molecule has 86 valence electrons. The maximum Gasteiger partial charge on any atom is 0.180 e. The fourth-order valence-electron chi connectivity index (χ4n) is 2.13. The van der Waals surface area contributed by atoms with Gasteiger partial charge in [-0.2, -0.15) is 0 Å². The van der Waals surface area contributed by atoms with E-state index in [-0.39, 0.29) is 0 Å². The Balaban J connectivity index is 2.58. The van der Waals surface area contributed by atoms with Gasteiger partial charge in [-0.1, -0.05) is 0 Å². The molecule has 1 aliphatic rings. The van der Waals surface area contributed by atoms with Crippen LogP contribution in [-0.4, -0.2) is 38.1 Å². The van der Waals surface area contributed by atoms with Crippen LogP contribution in [0.5, 0.6) is 11.5 Å². The number of hydrogen-bond acceptors (Lipinski definition) is 2. The van der Waals surface area contributed by atoms with E-state index in [1.807, 2.05) is 0 Å². The summed E-state index contributed by atoms with van der Waals surface area (Å²) in [6.07, 6.45) is 1.06. The molecule has 0 saturated heterocycles. The second-order valence-corrected chi connectivity index (χ2v) is 4.12. The maximum atomic E-state index is 5.33. The van der Waals surface area contributed by atoms with Crippen molar-refractivity contribution < 1.29 is 14.0 Å². The molecule has 1 aromatic carbocycles. The summed E-state index contributed by atoms with van der Waals surface area (Å²) in [6, 6.07) is 4.16. The molecule has 0 unspecified atom stereocenters. The van der Waals surface area contributed by atoms with Gasteiger partial charge in [-0.25, -0.2) is 4.58 Å². The Bertz CT molecular complexity index is 449. The predicted octanol–water partition coefficient (Wildman–Crippen LogP) is 1.71. The SMILES string of the molecule is COc1cc2c(cc1OC)C(C)=[N+](C)CC2. The van der Waals surface area contributed by atoms with Crippen molar-refractivity contribution in [2.45, 2.75) is 13.3 Å². The van der Waals surface area contributed by atoms with Gasteiger partial charge >= 0.3 is 0 Å². The summed E-state index contributed by atoms with van der Waals surface area (Å²) in [5, 5.41) is 0. The van der Waals surface area contributed by atoms with Crippen LogP contribution in [0.1, 0.15) is 18.1 Å². The third-order valence-corrected chi connectivity index (χ3v) is 3.29. The summed E-state index contributed by atoms with van der Waals surface area (Å²) in [7, 11) is 5.47. The van der Waals surface area contributed by atoms with Crippen LogP contribution in [0.2, 0.25) is 0 Å². The predicted molar refractivity (Wildman–Crippen MR) is 64.1 cm³/mol. The van der Waals surface area contributed by atoms with Gasteiger partial charge in [0.1, 0.15) is 13.6 Å². The van der Waals surface area contributed by atoms with Gasteiger partial charge in [0.2, 0.25) is 0 Å². The van der Waals surface area contributed by atoms with Crippen LogP contribution in [0.3, 0.4) is 0 Å². The van der Waals surface area contributed by atoms with Gasteiger partial charge in [-0.3, -0.25) is 0 Å². The average Bonchev–Trinajstić information content (AvgIpc) is 2.32. The van der Waals surface area contributed by atoms with Crippen molar-refractivity contribution in [1.29, 1.82) is 0 Å². The second kappa shape index (κ2) is 4.16. The molecule has 0 N–H and O–H groups in total. The van der Waals surface area contributed by atoms with Crippen LogP contribution in [0.25, 0.3) is 0 Å². The fourth-order valence-corrected chi connectivity index (χ4v) is 2.13. The molecular formula is C13H18NO2+. The molecule has 2 rings (SSSR count). The highest BCUT2D eigenvalue weighted by Gasteiger charge is 2.22. The molecule has 0 amide bonds. The van der Waals surface area contributed by atoms with Gasteiger partial charge in [0.05, 0.1) is 14.2 Å². The summed E-state index contributed by atoms with van der Waals surface area (Å²) < 4.78 is 12.9. The summed E-state index contributed by atoms with van der Waals surface area (Å²) >= 11 is 0. The maximum absolute atomic E-state index is 5.33. The molecule has 0 aromatic heterocycles. The first kappa shape index (κ1) is 11.0. The summed E-state index contributed by atoms with van der Waals surface area (Å²) in [5.74, 6) is 1.62. The molecule has 0 spiro atoms. The highest BCUT2D eigenvalue weighted by atomic mass is 16.5. The smallest absolute Gasteiger partial charge is 0.180 e. The minimum absolute atomic E-state index is 0.802. The average molecular weight is 220 g/mol. The molecule has 0 fully saturated rings. The topological polar surface area (TPSA) is 21.5 Å². The molecule has 1 aliphatic heterocycles. The van der Waals surface area contributed by atoms with E-state index in [0.717, 1.165) is 24.5 Å². The Hall–Kier alpha value is -1.51. The van der Waals surface area contributed by atoms with E-state index in [4.69, 9.17) is 9.47 Å². The van der Waals surface area contributed by atoms with Gasteiger partial charge in [-0.05, 0) is 17.7 Å². The van der Waals surface area contributed by atoms with E-state index < -0.39 is 0 Å². The standard InChI is InChI=1S/C13H18NO2/c1-9-11-8-13(16-4)12(15-3)7-10(11)5-6-14(9)2/h7-8H,5-6H2,1-4H3/q+1. The molecule has 0 radical (unpaired) electrons. The van der Waals surface area contributed by atoms with Crippen LogP contribution >= 0.6 is 0 Å². The van der Waals surface area contributed by atoms with Crippen LogP contribution in [-0.2, 0) is 6.42 Å². The van der Waals surface area contributed by atoms with E-state index >= 15 is 0 Å².